The summed E-state index contributed by atoms with van der Waals surface area (Å²) < 4.78 is 127. The molecule has 4 rings (SSSR count). The smallest absolute Gasteiger partial charge is 0.205 e. The van der Waals surface area contributed by atoms with Crippen molar-refractivity contribution >= 4 is 12.5 Å². The van der Waals surface area contributed by atoms with Crippen molar-refractivity contribution < 1.29 is 59.6 Å². The topological polar surface area (TPSA) is 102 Å². The Morgan fingerprint density at radius 1 is 0.564 bits per heavy atom. The molecule has 0 radical (unpaired) electrons. The number of benzene rings is 4. The zero-order valence-corrected chi connectivity index (χ0v) is 19.0. The number of aromatic hydroxyl groups is 2. The molecule has 0 heterocycles. The zero-order valence-electron chi connectivity index (χ0n) is 19.0. The Morgan fingerprint density at radius 3 is 1.31 bits per heavy atom. The molecule has 0 aromatic heterocycles. The Labute approximate surface area is 213 Å². The second-order valence-corrected chi connectivity index (χ2v) is 7.34. The van der Waals surface area contributed by atoms with Crippen molar-refractivity contribution in [2.75, 3.05) is 5.73 Å². The molecule has 14 heteroatoms. The second kappa shape index (κ2) is 11.2. The van der Waals surface area contributed by atoms with Crippen molar-refractivity contribution in [3.05, 3.63) is 89.0 Å². The molecule has 0 aliphatic carbocycles. The van der Waals surface area contributed by atoms with Gasteiger partial charge in [0.1, 0.15) is 29.8 Å². The third-order valence-corrected chi connectivity index (χ3v) is 4.97. The molecular formula is C25H13F8NO5. The lowest BCUT2D eigenvalue weighted by molar-refractivity contribution is -0.0980. The van der Waals surface area contributed by atoms with E-state index < -0.39 is 86.4 Å². The zero-order chi connectivity index (χ0) is 29.2. The van der Waals surface area contributed by atoms with Crippen LogP contribution in [0.25, 0.3) is 11.1 Å². The predicted octanol–water partition coefficient (Wildman–Crippen LogP) is 6.86. The van der Waals surface area contributed by atoms with Crippen LogP contribution in [-0.2, 0) is 4.79 Å². The second-order valence-electron chi connectivity index (χ2n) is 7.34. The molecule has 0 fully saturated rings. The van der Waals surface area contributed by atoms with Crippen molar-refractivity contribution in [2.45, 2.75) is 0 Å². The fourth-order valence-electron chi connectivity index (χ4n) is 3.18. The van der Waals surface area contributed by atoms with Gasteiger partial charge in [-0.05, 0) is 36.4 Å². The van der Waals surface area contributed by atoms with Crippen LogP contribution in [0.2, 0.25) is 0 Å². The number of carbonyl (C=O) groups is 1. The molecule has 39 heavy (non-hydrogen) atoms. The van der Waals surface area contributed by atoms with E-state index in [0.29, 0.717) is 0 Å². The first-order chi connectivity index (χ1) is 18.4. The molecule has 0 unspecified atom stereocenters. The van der Waals surface area contributed by atoms with Crippen molar-refractivity contribution in [3.63, 3.8) is 0 Å². The van der Waals surface area contributed by atoms with Crippen LogP contribution < -0.4 is 15.2 Å². The van der Waals surface area contributed by atoms with Crippen LogP contribution in [0.5, 0.6) is 34.5 Å². The van der Waals surface area contributed by atoms with Crippen molar-refractivity contribution in [2.24, 2.45) is 0 Å². The Bertz CT molecular complexity index is 1510. The van der Waals surface area contributed by atoms with Crippen molar-refractivity contribution in [1.29, 1.82) is 0 Å². The third-order valence-electron chi connectivity index (χ3n) is 4.97. The number of anilines is 1. The summed E-state index contributed by atoms with van der Waals surface area (Å²) in [6.07, 6.45) is 0. The summed E-state index contributed by atoms with van der Waals surface area (Å²) in [6, 6.07) is 6.71. The summed E-state index contributed by atoms with van der Waals surface area (Å²) in [4.78, 5) is 8.00. The minimum Gasteiger partial charge on any atom is -0.508 e. The summed E-state index contributed by atoms with van der Waals surface area (Å²) in [6.45, 7) is 2.00. The molecule has 0 bridgehead atoms. The Kier molecular flexibility index (Phi) is 8.18. The standard InChI is InChI=1S/C24H11F8NO4.CH2O/c25-15-13(16(26)20(30)23(19(15)29)36-9-3-1-8(34)2-4-9)14-17(27)21(31)24(22(32)18(14)28)37-10-5-6-11(33)12(35)7-10;1-2/h1-7,34-35H,33H2;1H2. The van der Waals surface area contributed by atoms with Gasteiger partial charge < -0.3 is 30.2 Å². The number of nitrogens with two attached hydrogens (primary N) is 1. The fourth-order valence-corrected chi connectivity index (χ4v) is 3.18. The van der Waals surface area contributed by atoms with Crippen LogP contribution in [0.1, 0.15) is 0 Å². The molecule has 0 saturated carbocycles. The minimum atomic E-state index is -2.45. The predicted molar refractivity (Wildman–Crippen MR) is 119 cm³/mol. The van der Waals surface area contributed by atoms with Gasteiger partial charge in [-0.3, -0.25) is 0 Å². The van der Waals surface area contributed by atoms with Crippen LogP contribution in [-0.4, -0.2) is 17.0 Å². The summed E-state index contributed by atoms with van der Waals surface area (Å²) in [5.41, 5.74) is 0.985. The van der Waals surface area contributed by atoms with Gasteiger partial charge in [-0.25, -0.2) is 17.6 Å². The average molecular weight is 559 g/mol. The van der Waals surface area contributed by atoms with Gasteiger partial charge in [0.05, 0.1) is 16.8 Å². The first kappa shape index (κ1) is 28.6. The van der Waals surface area contributed by atoms with Crippen LogP contribution >= 0.6 is 0 Å². The summed E-state index contributed by atoms with van der Waals surface area (Å²) in [5.74, 6) is -24.2. The molecule has 6 nitrogen and oxygen atoms in total. The largest absolute Gasteiger partial charge is 0.508 e. The maximum atomic E-state index is 14.8. The average Bonchev–Trinajstić information content (AvgIpc) is 2.93. The molecular weight excluding hydrogens is 546 g/mol. The third kappa shape index (κ3) is 5.21. The van der Waals surface area contributed by atoms with E-state index in [9.17, 15) is 45.3 Å². The van der Waals surface area contributed by atoms with E-state index >= 15 is 0 Å². The summed E-state index contributed by atoms with van der Waals surface area (Å²) in [7, 11) is 0. The highest BCUT2D eigenvalue weighted by atomic mass is 19.2. The Morgan fingerprint density at radius 2 is 0.923 bits per heavy atom. The highest BCUT2D eigenvalue weighted by Gasteiger charge is 2.35. The van der Waals surface area contributed by atoms with Crippen LogP contribution in [0.3, 0.4) is 0 Å². The molecule has 4 aromatic rings. The van der Waals surface area contributed by atoms with Gasteiger partial charge in [0, 0.05) is 6.07 Å². The number of ether oxygens (including phenoxy) is 2. The van der Waals surface area contributed by atoms with E-state index in [1.54, 1.807) is 0 Å². The van der Waals surface area contributed by atoms with Gasteiger partial charge in [0.25, 0.3) is 0 Å². The SMILES string of the molecule is C=O.Nc1ccc(Oc2c(F)c(F)c(-c3c(F)c(F)c(Oc4ccc(O)cc4)c(F)c3F)c(F)c2F)cc1O. The lowest BCUT2D eigenvalue weighted by Crippen LogP contribution is -2.09. The monoisotopic (exact) mass is 559 g/mol. The van der Waals surface area contributed by atoms with Gasteiger partial charge >= 0.3 is 0 Å². The van der Waals surface area contributed by atoms with E-state index in [4.69, 9.17) is 20.0 Å². The van der Waals surface area contributed by atoms with E-state index in [-0.39, 0.29) is 11.4 Å². The normalized spacial score (nSPS) is 10.6. The van der Waals surface area contributed by atoms with Gasteiger partial charge in [-0.1, -0.05) is 0 Å². The highest BCUT2D eigenvalue weighted by Crippen LogP contribution is 2.43. The number of phenols is 2. The van der Waals surface area contributed by atoms with E-state index in [1.807, 2.05) is 6.79 Å². The molecule has 4 aromatic carbocycles. The number of halogens is 8. The van der Waals surface area contributed by atoms with E-state index in [1.165, 1.54) is 0 Å². The molecule has 0 aliphatic rings. The highest BCUT2D eigenvalue weighted by molar-refractivity contribution is 5.69. The van der Waals surface area contributed by atoms with Gasteiger partial charge in [0.15, 0.2) is 23.3 Å². The van der Waals surface area contributed by atoms with E-state index in [2.05, 4.69) is 0 Å². The molecule has 0 amide bonds. The van der Waals surface area contributed by atoms with Crippen LogP contribution in [0.4, 0.5) is 40.8 Å². The van der Waals surface area contributed by atoms with Gasteiger partial charge in [-0.2, -0.15) is 17.6 Å². The lowest BCUT2D eigenvalue weighted by atomic mass is 10.0. The number of rotatable bonds is 5. The molecule has 0 aliphatic heterocycles. The number of hydrogen-bond acceptors (Lipinski definition) is 6. The number of hydrogen-bond donors (Lipinski definition) is 3. The maximum absolute atomic E-state index is 14.8. The summed E-state index contributed by atoms with van der Waals surface area (Å²) >= 11 is 0. The van der Waals surface area contributed by atoms with Gasteiger partial charge in [0.2, 0.25) is 34.8 Å². The summed E-state index contributed by atoms with van der Waals surface area (Å²) in [5, 5.41) is 18.8. The molecule has 0 saturated heterocycles. The molecule has 0 atom stereocenters. The molecule has 204 valence electrons. The van der Waals surface area contributed by atoms with E-state index in [0.717, 1.165) is 42.5 Å². The minimum absolute atomic E-state index is 0.172. The quantitative estimate of drug-likeness (QED) is 0.107. The molecule has 4 N–H and O–H groups in total. The van der Waals surface area contributed by atoms with Crippen molar-refractivity contribution in [3.8, 4) is 45.6 Å². The van der Waals surface area contributed by atoms with Crippen LogP contribution in [0.15, 0.2) is 42.5 Å². The lowest BCUT2D eigenvalue weighted by Gasteiger charge is -2.16. The van der Waals surface area contributed by atoms with Crippen molar-refractivity contribution in [1.82, 2.24) is 0 Å². The maximum Gasteiger partial charge on any atom is 0.205 e. The number of carbonyl (C=O) groups excluding carboxylic acids is 1. The fraction of sp³-hybridized carbons (Fsp3) is 0. The molecule has 0 spiro atoms. The van der Waals surface area contributed by atoms with Crippen LogP contribution in [0, 0.1) is 46.5 Å². The number of phenolic OH excluding ortho intramolecular Hbond substituents is 2. The van der Waals surface area contributed by atoms with Gasteiger partial charge in [-0.15, -0.1) is 0 Å². The Balaban J connectivity index is 0.00000205. The number of nitrogen functional groups attached to an aromatic ring is 1. The Hall–Kier alpha value is -5.01. The first-order valence-electron chi connectivity index (χ1n) is 10.2. The first-order valence-corrected chi connectivity index (χ1v) is 10.2.